The first-order valence-corrected chi connectivity index (χ1v) is 7.55. The van der Waals surface area contributed by atoms with Crippen molar-refractivity contribution < 1.29 is 4.79 Å². The number of hydrogen-bond acceptors (Lipinski definition) is 3. The van der Waals surface area contributed by atoms with Gasteiger partial charge in [-0.25, -0.2) is 0 Å². The molecule has 0 radical (unpaired) electrons. The number of hydrogen-bond donors (Lipinski definition) is 1. The van der Waals surface area contributed by atoms with Crippen LogP contribution in [0.5, 0.6) is 0 Å². The highest BCUT2D eigenvalue weighted by molar-refractivity contribution is 7.10. The van der Waals surface area contributed by atoms with Crippen LogP contribution in [-0.4, -0.2) is 17.9 Å². The van der Waals surface area contributed by atoms with Gasteiger partial charge in [-0.2, -0.15) is 0 Å². The van der Waals surface area contributed by atoms with Gasteiger partial charge in [-0.3, -0.25) is 4.79 Å². The molecular formula is C16H20N2OS. The summed E-state index contributed by atoms with van der Waals surface area (Å²) in [6.07, 6.45) is 0. The minimum atomic E-state index is 0.0751. The molecule has 0 fully saturated rings. The predicted octanol–water partition coefficient (Wildman–Crippen LogP) is 3.90. The fraction of sp³-hybridized carbons (Fsp3) is 0.312. The van der Waals surface area contributed by atoms with Crippen molar-refractivity contribution >= 4 is 22.9 Å². The quantitative estimate of drug-likeness (QED) is 0.905. The molecule has 106 valence electrons. The second kappa shape index (κ2) is 6.57. The number of benzene rings is 1. The van der Waals surface area contributed by atoms with E-state index < -0.39 is 0 Å². The van der Waals surface area contributed by atoms with Crippen molar-refractivity contribution in [1.29, 1.82) is 0 Å². The summed E-state index contributed by atoms with van der Waals surface area (Å²) in [5.41, 5.74) is 2.22. The van der Waals surface area contributed by atoms with Crippen LogP contribution in [-0.2, 0) is 11.3 Å². The van der Waals surface area contributed by atoms with Crippen LogP contribution in [0.3, 0.4) is 0 Å². The molecule has 1 atom stereocenters. The first kappa shape index (κ1) is 14.6. The third kappa shape index (κ3) is 3.61. The number of nitrogens with zero attached hydrogens (tertiary/aromatic N) is 1. The smallest absolute Gasteiger partial charge is 0.219 e. The summed E-state index contributed by atoms with van der Waals surface area (Å²) >= 11 is 1.75. The maximum Gasteiger partial charge on any atom is 0.219 e. The fourth-order valence-corrected chi connectivity index (χ4v) is 2.74. The summed E-state index contributed by atoms with van der Waals surface area (Å²) in [6, 6.07) is 12.6. The minimum Gasteiger partial charge on any atom is -0.377 e. The van der Waals surface area contributed by atoms with Gasteiger partial charge >= 0.3 is 0 Å². The van der Waals surface area contributed by atoms with Gasteiger partial charge in [-0.1, -0.05) is 24.3 Å². The van der Waals surface area contributed by atoms with E-state index in [-0.39, 0.29) is 11.9 Å². The Labute approximate surface area is 124 Å². The highest BCUT2D eigenvalue weighted by atomic mass is 32.1. The number of carbonyl (C=O) groups excluding carboxylic acids is 1. The van der Waals surface area contributed by atoms with Gasteiger partial charge in [-0.05, 0) is 30.0 Å². The molecule has 0 aliphatic heterocycles. The average Bonchev–Trinajstić information content (AvgIpc) is 2.94. The maximum atomic E-state index is 11.4. The Hall–Kier alpha value is -1.81. The lowest BCUT2D eigenvalue weighted by Gasteiger charge is -2.20. The number of thiophene rings is 1. The molecule has 20 heavy (non-hydrogen) atoms. The van der Waals surface area contributed by atoms with E-state index in [1.54, 1.807) is 23.2 Å². The van der Waals surface area contributed by atoms with Crippen LogP contribution < -0.4 is 5.32 Å². The Morgan fingerprint density at radius 1 is 1.30 bits per heavy atom. The molecule has 0 bridgehead atoms. The largest absolute Gasteiger partial charge is 0.377 e. The highest BCUT2D eigenvalue weighted by Crippen LogP contribution is 2.25. The Morgan fingerprint density at radius 2 is 2.05 bits per heavy atom. The Morgan fingerprint density at radius 3 is 2.70 bits per heavy atom. The van der Waals surface area contributed by atoms with Gasteiger partial charge in [0, 0.05) is 31.1 Å². The predicted molar refractivity (Wildman–Crippen MR) is 84.9 cm³/mol. The summed E-state index contributed by atoms with van der Waals surface area (Å²) in [4.78, 5) is 14.4. The van der Waals surface area contributed by atoms with Crippen molar-refractivity contribution in [2.45, 2.75) is 26.4 Å². The second-order valence-corrected chi connectivity index (χ2v) is 5.89. The molecule has 2 rings (SSSR count). The molecule has 0 aliphatic rings. The molecule has 0 aliphatic carbocycles. The van der Waals surface area contributed by atoms with Crippen LogP contribution in [0.15, 0.2) is 41.8 Å². The van der Waals surface area contributed by atoms with E-state index >= 15 is 0 Å². The fourth-order valence-electron chi connectivity index (χ4n) is 2.01. The van der Waals surface area contributed by atoms with Crippen LogP contribution >= 0.6 is 11.3 Å². The van der Waals surface area contributed by atoms with E-state index in [0.717, 1.165) is 11.3 Å². The highest BCUT2D eigenvalue weighted by Gasteiger charge is 2.11. The molecule has 2 aromatic rings. The molecule has 4 heteroatoms. The SMILES string of the molecule is CC(=O)N(C)Cc1ccccc1NC(C)c1cccs1. The van der Waals surface area contributed by atoms with Crippen LogP contribution in [0.4, 0.5) is 5.69 Å². The van der Waals surface area contributed by atoms with E-state index in [9.17, 15) is 4.79 Å². The van der Waals surface area contributed by atoms with E-state index in [4.69, 9.17) is 0 Å². The first-order chi connectivity index (χ1) is 9.58. The maximum absolute atomic E-state index is 11.4. The topological polar surface area (TPSA) is 32.3 Å². The zero-order valence-electron chi connectivity index (χ0n) is 12.1. The number of anilines is 1. The molecule has 0 spiro atoms. The van der Waals surface area contributed by atoms with Crippen LogP contribution in [0.1, 0.15) is 30.3 Å². The lowest BCUT2D eigenvalue weighted by atomic mass is 10.1. The molecule has 0 saturated heterocycles. The normalized spacial score (nSPS) is 11.9. The van der Waals surface area contributed by atoms with Gasteiger partial charge in [0.15, 0.2) is 0 Å². The summed E-state index contributed by atoms with van der Waals surface area (Å²) in [5.74, 6) is 0.0751. The zero-order chi connectivity index (χ0) is 14.5. The lowest BCUT2D eigenvalue weighted by Crippen LogP contribution is -2.23. The van der Waals surface area contributed by atoms with Gasteiger partial charge in [0.2, 0.25) is 5.91 Å². The third-order valence-electron chi connectivity index (χ3n) is 3.30. The summed E-state index contributed by atoms with van der Waals surface area (Å²) in [7, 11) is 1.82. The molecule has 1 aromatic heterocycles. The molecule has 3 nitrogen and oxygen atoms in total. The van der Waals surface area contributed by atoms with Gasteiger partial charge in [0.1, 0.15) is 0 Å². The van der Waals surface area contributed by atoms with Gasteiger partial charge in [0.25, 0.3) is 0 Å². The number of rotatable bonds is 5. The van der Waals surface area contributed by atoms with Gasteiger partial charge < -0.3 is 10.2 Å². The number of nitrogens with one attached hydrogen (secondary N) is 1. The summed E-state index contributed by atoms with van der Waals surface area (Å²) in [6.45, 7) is 4.36. The second-order valence-electron chi connectivity index (χ2n) is 4.91. The van der Waals surface area contributed by atoms with Crippen molar-refractivity contribution in [2.24, 2.45) is 0 Å². The van der Waals surface area contributed by atoms with Crippen molar-refractivity contribution in [3.8, 4) is 0 Å². The Balaban J connectivity index is 2.13. The molecular weight excluding hydrogens is 268 g/mol. The van der Waals surface area contributed by atoms with Crippen molar-refractivity contribution in [3.05, 3.63) is 52.2 Å². The molecule has 0 saturated carbocycles. The van der Waals surface area contributed by atoms with Gasteiger partial charge in [-0.15, -0.1) is 11.3 Å². The van der Waals surface area contributed by atoms with E-state index in [2.05, 4.69) is 41.9 Å². The number of carbonyl (C=O) groups is 1. The van der Waals surface area contributed by atoms with Crippen LogP contribution in [0.2, 0.25) is 0 Å². The first-order valence-electron chi connectivity index (χ1n) is 6.67. The van der Waals surface area contributed by atoms with Crippen molar-refractivity contribution in [1.82, 2.24) is 4.90 Å². The molecule has 1 aromatic carbocycles. The zero-order valence-corrected chi connectivity index (χ0v) is 12.9. The Kier molecular flexibility index (Phi) is 4.79. The third-order valence-corrected chi connectivity index (χ3v) is 4.36. The average molecular weight is 288 g/mol. The van der Waals surface area contributed by atoms with Crippen LogP contribution in [0, 0.1) is 0 Å². The monoisotopic (exact) mass is 288 g/mol. The van der Waals surface area contributed by atoms with Crippen LogP contribution in [0.25, 0.3) is 0 Å². The molecule has 1 unspecified atom stereocenters. The van der Waals surface area contributed by atoms with E-state index in [0.29, 0.717) is 6.54 Å². The summed E-state index contributed by atoms with van der Waals surface area (Å²) in [5, 5.41) is 5.62. The molecule has 1 heterocycles. The minimum absolute atomic E-state index is 0.0751. The lowest BCUT2D eigenvalue weighted by molar-refractivity contribution is -0.128. The standard InChI is InChI=1S/C16H20N2OS/c1-12(16-9-6-10-20-16)17-15-8-5-4-7-14(15)11-18(3)13(2)19/h4-10,12,17H,11H2,1-3H3. The van der Waals surface area contributed by atoms with Crippen molar-refractivity contribution in [2.75, 3.05) is 12.4 Å². The Bertz CT molecular complexity index is 566. The van der Waals surface area contributed by atoms with Crippen molar-refractivity contribution in [3.63, 3.8) is 0 Å². The molecule has 1 N–H and O–H groups in total. The number of amides is 1. The number of para-hydroxylation sites is 1. The van der Waals surface area contributed by atoms with E-state index in [1.165, 1.54) is 4.88 Å². The van der Waals surface area contributed by atoms with E-state index in [1.807, 2.05) is 19.2 Å². The summed E-state index contributed by atoms with van der Waals surface area (Å²) < 4.78 is 0. The molecule has 1 amide bonds. The van der Waals surface area contributed by atoms with Gasteiger partial charge in [0.05, 0.1) is 6.04 Å².